The smallest absolute Gasteiger partial charge is 0.0723 e. The molecular formula is C13H26O. The van der Waals surface area contributed by atoms with Crippen LogP contribution in [0.2, 0.25) is 0 Å². The van der Waals surface area contributed by atoms with Gasteiger partial charge in [-0.1, -0.05) is 52.2 Å². The summed E-state index contributed by atoms with van der Waals surface area (Å²) in [6, 6.07) is 0. The van der Waals surface area contributed by atoms with E-state index in [2.05, 4.69) is 26.8 Å². The van der Waals surface area contributed by atoms with Gasteiger partial charge in [0, 0.05) is 0 Å². The van der Waals surface area contributed by atoms with Crippen molar-refractivity contribution in [1.29, 1.82) is 0 Å². The molecule has 0 spiro atoms. The summed E-state index contributed by atoms with van der Waals surface area (Å²) in [5, 5.41) is 9.54. The Morgan fingerprint density at radius 2 is 1.86 bits per heavy atom. The molecule has 14 heavy (non-hydrogen) atoms. The summed E-state index contributed by atoms with van der Waals surface area (Å²) < 4.78 is 0. The molecule has 0 saturated heterocycles. The topological polar surface area (TPSA) is 20.2 Å². The number of aliphatic hydroxyl groups excluding tert-OH is 1. The van der Waals surface area contributed by atoms with Crippen LogP contribution in [0.25, 0.3) is 0 Å². The van der Waals surface area contributed by atoms with Crippen molar-refractivity contribution in [2.24, 2.45) is 5.92 Å². The Kier molecular flexibility index (Phi) is 9.06. The van der Waals surface area contributed by atoms with Gasteiger partial charge in [-0.3, -0.25) is 0 Å². The molecule has 0 aromatic carbocycles. The van der Waals surface area contributed by atoms with Crippen LogP contribution in [0.15, 0.2) is 12.2 Å². The second-order valence-electron chi connectivity index (χ2n) is 4.47. The van der Waals surface area contributed by atoms with E-state index in [1.54, 1.807) is 0 Å². The van der Waals surface area contributed by atoms with Gasteiger partial charge in [-0.2, -0.15) is 0 Å². The summed E-state index contributed by atoms with van der Waals surface area (Å²) in [6.45, 7) is 6.50. The van der Waals surface area contributed by atoms with Gasteiger partial charge in [-0.05, 0) is 25.2 Å². The molecule has 0 aliphatic carbocycles. The molecule has 0 fully saturated rings. The Morgan fingerprint density at radius 3 is 2.43 bits per heavy atom. The first kappa shape index (κ1) is 13.7. The SMILES string of the molecule is CCCCCC/C=C\[C@@H](O)CC(C)C. The van der Waals surface area contributed by atoms with Gasteiger partial charge >= 0.3 is 0 Å². The van der Waals surface area contributed by atoms with Crippen LogP contribution < -0.4 is 0 Å². The summed E-state index contributed by atoms with van der Waals surface area (Å²) >= 11 is 0. The van der Waals surface area contributed by atoms with Crippen LogP contribution >= 0.6 is 0 Å². The van der Waals surface area contributed by atoms with Gasteiger partial charge < -0.3 is 5.11 Å². The average molecular weight is 198 g/mol. The molecule has 0 rings (SSSR count). The van der Waals surface area contributed by atoms with E-state index in [4.69, 9.17) is 0 Å². The molecule has 84 valence electrons. The summed E-state index contributed by atoms with van der Waals surface area (Å²) in [5.74, 6) is 0.578. The summed E-state index contributed by atoms with van der Waals surface area (Å²) in [5.41, 5.74) is 0. The van der Waals surface area contributed by atoms with Crippen LogP contribution in [0.1, 0.15) is 59.3 Å². The maximum atomic E-state index is 9.54. The van der Waals surface area contributed by atoms with Gasteiger partial charge in [0.2, 0.25) is 0 Å². The third-order valence-electron chi connectivity index (χ3n) is 2.30. The maximum absolute atomic E-state index is 9.54. The molecule has 0 aromatic heterocycles. The third-order valence-corrected chi connectivity index (χ3v) is 2.30. The van der Waals surface area contributed by atoms with Crippen LogP contribution in [0.4, 0.5) is 0 Å². The molecule has 0 aliphatic rings. The monoisotopic (exact) mass is 198 g/mol. The van der Waals surface area contributed by atoms with Crippen LogP contribution in [-0.4, -0.2) is 11.2 Å². The molecule has 0 amide bonds. The van der Waals surface area contributed by atoms with Crippen molar-refractivity contribution in [1.82, 2.24) is 0 Å². The number of allylic oxidation sites excluding steroid dienone is 1. The molecule has 1 heteroatoms. The highest BCUT2D eigenvalue weighted by atomic mass is 16.3. The first-order chi connectivity index (χ1) is 6.66. The fourth-order valence-electron chi connectivity index (χ4n) is 1.50. The van der Waals surface area contributed by atoms with Crippen LogP contribution in [0.5, 0.6) is 0 Å². The molecule has 1 atom stereocenters. The normalized spacial score (nSPS) is 14.1. The van der Waals surface area contributed by atoms with E-state index in [1.165, 1.54) is 25.7 Å². The van der Waals surface area contributed by atoms with Crippen molar-refractivity contribution in [2.45, 2.75) is 65.4 Å². The lowest BCUT2D eigenvalue weighted by atomic mass is 10.1. The van der Waals surface area contributed by atoms with Gasteiger partial charge in [0.25, 0.3) is 0 Å². The van der Waals surface area contributed by atoms with Gasteiger partial charge in [0.15, 0.2) is 0 Å². The largest absolute Gasteiger partial charge is 0.389 e. The quantitative estimate of drug-likeness (QED) is 0.463. The lowest BCUT2D eigenvalue weighted by Crippen LogP contribution is -2.05. The molecule has 1 N–H and O–H groups in total. The lowest BCUT2D eigenvalue weighted by Gasteiger charge is -2.07. The zero-order valence-electron chi connectivity index (χ0n) is 10.00. The maximum Gasteiger partial charge on any atom is 0.0723 e. The van der Waals surface area contributed by atoms with E-state index in [0.29, 0.717) is 5.92 Å². The van der Waals surface area contributed by atoms with Crippen LogP contribution in [0.3, 0.4) is 0 Å². The van der Waals surface area contributed by atoms with Crippen molar-refractivity contribution < 1.29 is 5.11 Å². The number of hydrogen-bond acceptors (Lipinski definition) is 1. The minimum atomic E-state index is -0.235. The zero-order valence-corrected chi connectivity index (χ0v) is 10.00. The number of unbranched alkanes of at least 4 members (excludes halogenated alkanes) is 4. The molecule has 0 bridgehead atoms. The van der Waals surface area contributed by atoms with Gasteiger partial charge in [0.1, 0.15) is 0 Å². The van der Waals surface area contributed by atoms with Crippen molar-refractivity contribution >= 4 is 0 Å². The minimum Gasteiger partial charge on any atom is -0.389 e. The summed E-state index contributed by atoms with van der Waals surface area (Å²) in [6.07, 6.45) is 11.1. The predicted molar refractivity (Wildman–Crippen MR) is 63.4 cm³/mol. The predicted octanol–water partition coefficient (Wildman–Crippen LogP) is 3.92. The molecular weight excluding hydrogens is 172 g/mol. The minimum absolute atomic E-state index is 0.235. The lowest BCUT2D eigenvalue weighted by molar-refractivity contribution is 0.194. The van der Waals surface area contributed by atoms with E-state index >= 15 is 0 Å². The Bertz CT molecular complexity index is 138. The number of rotatable bonds is 8. The van der Waals surface area contributed by atoms with Gasteiger partial charge in [0.05, 0.1) is 6.10 Å². The first-order valence-corrected chi connectivity index (χ1v) is 6.01. The Balaban J connectivity index is 3.33. The molecule has 0 aromatic rings. The fourth-order valence-corrected chi connectivity index (χ4v) is 1.50. The van der Waals surface area contributed by atoms with Crippen LogP contribution in [-0.2, 0) is 0 Å². The van der Waals surface area contributed by atoms with E-state index in [1.807, 2.05) is 6.08 Å². The van der Waals surface area contributed by atoms with E-state index < -0.39 is 0 Å². The molecule has 0 unspecified atom stereocenters. The molecule has 0 radical (unpaired) electrons. The van der Waals surface area contributed by atoms with Crippen LogP contribution in [0, 0.1) is 5.92 Å². The summed E-state index contributed by atoms with van der Waals surface area (Å²) in [4.78, 5) is 0. The third kappa shape index (κ3) is 9.79. The molecule has 0 saturated carbocycles. The zero-order chi connectivity index (χ0) is 10.8. The van der Waals surface area contributed by atoms with Crippen molar-refractivity contribution in [3.8, 4) is 0 Å². The first-order valence-electron chi connectivity index (χ1n) is 6.01. The fraction of sp³-hybridized carbons (Fsp3) is 0.846. The van der Waals surface area contributed by atoms with E-state index in [-0.39, 0.29) is 6.10 Å². The average Bonchev–Trinajstić information content (AvgIpc) is 2.10. The standard InChI is InChI=1S/C13H26O/c1-4-5-6-7-8-9-10-13(14)11-12(2)3/h9-10,12-14H,4-8,11H2,1-3H3/b10-9-/t13-/m1/s1. The Morgan fingerprint density at radius 1 is 1.14 bits per heavy atom. The highest BCUT2D eigenvalue weighted by molar-refractivity contribution is 4.88. The van der Waals surface area contributed by atoms with E-state index in [9.17, 15) is 5.11 Å². The second-order valence-corrected chi connectivity index (χ2v) is 4.47. The van der Waals surface area contributed by atoms with Crippen molar-refractivity contribution in [2.75, 3.05) is 0 Å². The van der Waals surface area contributed by atoms with E-state index in [0.717, 1.165) is 12.8 Å². The summed E-state index contributed by atoms with van der Waals surface area (Å²) in [7, 11) is 0. The van der Waals surface area contributed by atoms with Crippen molar-refractivity contribution in [3.63, 3.8) is 0 Å². The van der Waals surface area contributed by atoms with Crippen molar-refractivity contribution in [3.05, 3.63) is 12.2 Å². The molecule has 0 aliphatic heterocycles. The second kappa shape index (κ2) is 9.26. The molecule has 1 nitrogen and oxygen atoms in total. The number of hydrogen-bond donors (Lipinski definition) is 1. The Hall–Kier alpha value is -0.300. The highest BCUT2D eigenvalue weighted by Gasteiger charge is 2.01. The number of aliphatic hydroxyl groups is 1. The molecule has 0 heterocycles. The Labute approximate surface area is 89.2 Å². The van der Waals surface area contributed by atoms with Gasteiger partial charge in [-0.15, -0.1) is 0 Å². The highest BCUT2D eigenvalue weighted by Crippen LogP contribution is 2.07. The van der Waals surface area contributed by atoms with Gasteiger partial charge in [-0.25, -0.2) is 0 Å².